The van der Waals surface area contributed by atoms with Gasteiger partial charge >= 0.3 is 5.97 Å². The Morgan fingerprint density at radius 3 is 2.23 bits per heavy atom. The number of hydrogen-bond donors (Lipinski definition) is 0. The number of ether oxygens (including phenoxy) is 3. The summed E-state index contributed by atoms with van der Waals surface area (Å²) >= 11 is 0. The van der Waals surface area contributed by atoms with Gasteiger partial charge in [0.15, 0.2) is 0 Å². The average Bonchev–Trinajstić information content (AvgIpc) is 2.65. The van der Waals surface area contributed by atoms with Crippen LogP contribution in [0.2, 0.25) is 0 Å². The Balaban J connectivity index is 1.58. The first-order chi connectivity index (χ1) is 12.6. The minimum Gasteiger partial charge on any atom is -0.458 e. The molecule has 0 aromatic heterocycles. The van der Waals surface area contributed by atoms with Gasteiger partial charge < -0.3 is 14.2 Å². The molecule has 0 aliphatic carbocycles. The van der Waals surface area contributed by atoms with Crippen LogP contribution in [0.1, 0.15) is 21.5 Å². The number of hydrogen-bond acceptors (Lipinski definition) is 4. The van der Waals surface area contributed by atoms with Crippen LogP contribution in [0.3, 0.4) is 0 Å². The predicted molar refractivity (Wildman–Crippen MR) is 99.9 cm³/mol. The quantitative estimate of drug-likeness (QED) is 0.360. The van der Waals surface area contributed by atoms with Crippen LogP contribution >= 0.6 is 0 Å². The second-order valence-corrected chi connectivity index (χ2v) is 5.90. The van der Waals surface area contributed by atoms with Crippen molar-refractivity contribution in [2.24, 2.45) is 0 Å². The molecule has 0 aliphatic rings. The molecular formula is C22H20O4. The second-order valence-electron chi connectivity index (χ2n) is 5.90. The van der Waals surface area contributed by atoms with Gasteiger partial charge in [-0.2, -0.15) is 0 Å². The van der Waals surface area contributed by atoms with Crippen molar-refractivity contribution in [1.82, 2.24) is 0 Å². The van der Waals surface area contributed by atoms with Crippen molar-refractivity contribution < 1.29 is 19.0 Å². The number of para-hydroxylation sites is 1. The summed E-state index contributed by atoms with van der Waals surface area (Å²) in [6.45, 7) is 3.97. The Hall–Kier alpha value is -3.27. The summed E-state index contributed by atoms with van der Waals surface area (Å²) in [6, 6.07) is 22.0. The lowest BCUT2D eigenvalue weighted by Gasteiger charge is -2.12. The van der Waals surface area contributed by atoms with E-state index in [9.17, 15) is 4.79 Å². The molecule has 0 fully saturated rings. The highest BCUT2D eigenvalue weighted by Crippen LogP contribution is 2.24. The third-order valence-corrected chi connectivity index (χ3v) is 3.83. The number of carbonyl (C=O) groups excluding carboxylic acids is 1. The maximum absolute atomic E-state index is 12.2. The molecule has 3 aromatic carbocycles. The molecule has 3 aromatic rings. The number of aryl methyl sites for hydroxylation is 2. The molecule has 0 saturated carbocycles. The first-order valence-corrected chi connectivity index (χ1v) is 8.32. The maximum atomic E-state index is 12.2. The van der Waals surface area contributed by atoms with Crippen molar-refractivity contribution in [2.75, 3.05) is 6.79 Å². The van der Waals surface area contributed by atoms with Gasteiger partial charge in [-0.05, 0) is 61.9 Å². The fourth-order valence-corrected chi connectivity index (χ4v) is 2.38. The minimum absolute atomic E-state index is 0.105. The van der Waals surface area contributed by atoms with E-state index in [-0.39, 0.29) is 12.8 Å². The van der Waals surface area contributed by atoms with Crippen LogP contribution in [0.5, 0.6) is 17.2 Å². The predicted octanol–water partition coefficient (Wildman–Crippen LogP) is 4.94. The van der Waals surface area contributed by atoms with E-state index in [1.54, 1.807) is 30.3 Å². The van der Waals surface area contributed by atoms with E-state index < -0.39 is 0 Å². The first kappa shape index (κ1) is 17.5. The zero-order chi connectivity index (χ0) is 18.4. The fraction of sp³-hybridized carbons (Fsp3) is 0.136. The highest BCUT2D eigenvalue weighted by molar-refractivity contribution is 5.91. The van der Waals surface area contributed by atoms with Gasteiger partial charge in [-0.3, -0.25) is 0 Å². The van der Waals surface area contributed by atoms with E-state index in [2.05, 4.69) is 0 Å². The summed E-state index contributed by atoms with van der Waals surface area (Å²) in [4.78, 5) is 12.2. The number of rotatable bonds is 6. The van der Waals surface area contributed by atoms with Gasteiger partial charge in [0, 0.05) is 0 Å². The topological polar surface area (TPSA) is 44.8 Å². The van der Waals surface area contributed by atoms with Crippen molar-refractivity contribution in [3.63, 3.8) is 0 Å². The van der Waals surface area contributed by atoms with Gasteiger partial charge in [0.1, 0.15) is 17.2 Å². The van der Waals surface area contributed by atoms with Gasteiger partial charge in [0.25, 0.3) is 0 Å². The standard InChI is InChI=1S/C22H20O4/c1-16-8-10-18(11-9-16)22(23)26-20-12-13-21(17(2)14-20)25-15-24-19-6-4-3-5-7-19/h3-14H,15H2,1-2H3. The molecule has 0 heterocycles. The monoisotopic (exact) mass is 348 g/mol. The van der Waals surface area contributed by atoms with Crippen molar-refractivity contribution in [3.8, 4) is 17.2 Å². The molecule has 0 atom stereocenters. The lowest BCUT2D eigenvalue weighted by molar-refractivity contribution is 0.0734. The summed E-state index contributed by atoms with van der Waals surface area (Å²) in [5.41, 5.74) is 2.47. The molecule has 0 spiro atoms. The molecular weight excluding hydrogens is 328 g/mol. The van der Waals surface area contributed by atoms with Crippen LogP contribution in [0, 0.1) is 13.8 Å². The Labute approximate surface area is 153 Å². The number of esters is 1. The van der Waals surface area contributed by atoms with Crippen molar-refractivity contribution in [2.45, 2.75) is 13.8 Å². The van der Waals surface area contributed by atoms with E-state index in [0.717, 1.165) is 16.9 Å². The van der Waals surface area contributed by atoms with Gasteiger partial charge in [0.05, 0.1) is 5.56 Å². The zero-order valence-electron chi connectivity index (χ0n) is 14.8. The van der Waals surface area contributed by atoms with Crippen LogP contribution in [0.4, 0.5) is 0 Å². The van der Waals surface area contributed by atoms with Crippen molar-refractivity contribution >= 4 is 5.97 Å². The first-order valence-electron chi connectivity index (χ1n) is 8.32. The molecule has 0 amide bonds. The highest BCUT2D eigenvalue weighted by atomic mass is 16.7. The normalized spacial score (nSPS) is 10.2. The third-order valence-electron chi connectivity index (χ3n) is 3.83. The SMILES string of the molecule is Cc1ccc(C(=O)Oc2ccc(OCOc3ccccc3)c(C)c2)cc1. The Morgan fingerprint density at radius 1 is 0.808 bits per heavy atom. The van der Waals surface area contributed by atoms with E-state index >= 15 is 0 Å². The minimum atomic E-state index is -0.384. The summed E-state index contributed by atoms with van der Waals surface area (Å²) in [7, 11) is 0. The van der Waals surface area contributed by atoms with Crippen LogP contribution in [-0.4, -0.2) is 12.8 Å². The number of benzene rings is 3. The summed E-state index contributed by atoms with van der Waals surface area (Å²) < 4.78 is 16.6. The molecule has 0 aliphatic heterocycles. The van der Waals surface area contributed by atoms with Crippen LogP contribution in [0.15, 0.2) is 72.8 Å². The molecule has 3 rings (SSSR count). The third kappa shape index (κ3) is 4.63. The molecule has 132 valence electrons. The molecule has 0 radical (unpaired) electrons. The van der Waals surface area contributed by atoms with Crippen LogP contribution < -0.4 is 14.2 Å². The Bertz CT molecular complexity index is 870. The molecule has 0 unspecified atom stereocenters. The van der Waals surface area contributed by atoms with E-state index in [1.165, 1.54) is 0 Å². The summed E-state index contributed by atoms with van der Waals surface area (Å²) in [5.74, 6) is 1.51. The largest absolute Gasteiger partial charge is 0.458 e. The average molecular weight is 348 g/mol. The highest BCUT2D eigenvalue weighted by Gasteiger charge is 2.10. The smallest absolute Gasteiger partial charge is 0.343 e. The second kappa shape index (κ2) is 8.21. The zero-order valence-corrected chi connectivity index (χ0v) is 14.8. The maximum Gasteiger partial charge on any atom is 0.343 e. The van der Waals surface area contributed by atoms with E-state index in [1.807, 2.05) is 56.3 Å². The molecule has 0 N–H and O–H groups in total. The Kier molecular flexibility index (Phi) is 5.54. The number of carbonyl (C=O) groups is 1. The van der Waals surface area contributed by atoms with Crippen molar-refractivity contribution in [3.05, 3.63) is 89.5 Å². The Morgan fingerprint density at radius 2 is 1.54 bits per heavy atom. The summed E-state index contributed by atoms with van der Waals surface area (Å²) in [6.07, 6.45) is 0. The van der Waals surface area contributed by atoms with E-state index in [0.29, 0.717) is 17.1 Å². The van der Waals surface area contributed by atoms with Gasteiger partial charge in [0.2, 0.25) is 6.79 Å². The lowest BCUT2D eigenvalue weighted by atomic mass is 10.1. The molecule has 26 heavy (non-hydrogen) atoms. The summed E-state index contributed by atoms with van der Waals surface area (Å²) in [5, 5.41) is 0. The van der Waals surface area contributed by atoms with Gasteiger partial charge in [-0.25, -0.2) is 4.79 Å². The van der Waals surface area contributed by atoms with Crippen molar-refractivity contribution in [1.29, 1.82) is 0 Å². The lowest BCUT2D eigenvalue weighted by Crippen LogP contribution is -2.09. The van der Waals surface area contributed by atoms with Gasteiger partial charge in [-0.15, -0.1) is 0 Å². The van der Waals surface area contributed by atoms with Crippen LogP contribution in [0.25, 0.3) is 0 Å². The van der Waals surface area contributed by atoms with E-state index in [4.69, 9.17) is 14.2 Å². The van der Waals surface area contributed by atoms with Gasteiger partial charge in [-0.1, -0.05) is 35.9 Å². The van der Waals surface area contributed by atoms with Crippen LogP contribution in [-0.2, 0) is 0 Å². The molecule has 4 nitrogen and oxygen atoms in total. The molecule has 0 bridgehead atoms. The fourth-order valence-electron chi connectivity index (χ4n) is 2.38. The molecule has 0 saturated heterocycles. The molecule has 4 heteroatoms.